The number of hydrogen-bond acceptors (Lipinski definition) is 3. The molecule has 1 N–H and O–H groups in total. The van der Waals surface area contributed by atoms with Crippen molar-refractivity contribution in [1.82, 2.24) is 5.32 Å². The molecule has 0 fully saturated rings. The topological polar surface area (TPSA) is 21.3 Å². The summed E-state index contributed by atoms with van der Waals surface area (Å²) in [7, 11) is 0. The molecule has 19 heavy (non-hydrogen) atoms. The van der Waals surface area contributed by atoms with Crippen molar-refractivity contribution in [1.29, 1.82) is 0 Å². The lowest BCUT2D eigenvalue weighted by Crippen LogP contribution is -2.18. The summed E-state index contributed by atoms with van der Waals surface area (Å²) in [6.07, 6.45) is 0. The molecule has 0 unspecified atom stereocenters. The lowest BCUT2D eigenvalue weighted by atomic mass is 10.2. The molecule has 1 aromatic carbocycles. The van der Waals surface area contributed by atoms with Gasteiger partial charge in [0.2, 0.25) is 0 Å². The number of hydrogen-bond donors (Lipinski definition) is 1. The fourth-order valence-corrected chi connectivity index (χ4v) is 3.12. The smallest absolute Gasteiger partial charge is 0.0931 e. The van der Waals surface area contributed by atoms with Gasteiger partial charge in [-0.2, -0.15) is 0 Å². The molecule has 0 bridgehead atoms. The third-order valence-corrected chi connectivity index (χ3v) is 4.23. The molecule has 5 heteroatoms. The van der Waals surface area contributed by atoms with Crippen LogP contribution in [0.25, 0.3) is 0 Å². The second-order valence-corrected chi connectivity index (χ2v) is 6.78. The predicted molar refractivity (Wildman–Crippen MR) is 84.8 cm³/mol. The van der Waals surface area contributed by atoms with Gasteiger partial charge in [0.15, 0.2) is 0 Å². The van der Waals surface area contributed by atoms with Crippen LogP contribution in [-0.2, 0) is 17.9 Å². The number of halogens is 2. The van der Waals surface area contributed by atoms with Crippen molar-refractivity contribution in [2.24, 2.45) is 0 Å². The van der Waals surface area contributed by atoms with Crippen molar-refractivity contribution in [3.8, 4) is 0 Å². The van der Waals surface area contributed by atoms with Crippen molar-refractivity contribution in [3.05, 3.63) is 55.6 Å². The molecule has 0 atom stereocenters. The molecule has 0 saturated carbocycles. The summed E-state index contributed by atoms with van der Waals surface area (Å²) in [6.45, 7) is 3.03. The zero-order valence-corrected chi connectivity index (χ0v) is 13.5. The summed E-state index contributed by atoms with van der Waals surface area (Å²) >= 11 is 10.9. The highest BCUT2D eigenvalue weighted by molar-refractivity contribution is 9.10. The van der Waals surface area contributed by atoms with E-state index in [1.54, 1.807) is 11.3 Å². The summed E-state index contributed by atoms with van der Waals surface area (Å²) in [4.78, 5) is 1.25. The Bertz CT molecular complexity index is 518. The Morgan fingerprint density at radius 3 is 2.89 bits per heavy atom. The average Bonchev–Trinajstić information content (AvgIpc) is 2.79. The van der Waals surface area contributed by atoms with Crippen LogP contribution in [-0.4, -0.2) is 13.2 Å². The summed E-state index contributed by atoms with van der Waals surface area (Å²) in [5.41, 5.74) is 1.18. The van der Waals surface area contributed by atoms with Crippen LogP contribution < -0.4 is 5.32 Å². The van der Waals surface area contributed by atoms with Gasteiger partial charge in [-0.05, 0) is 29.8 Å². The molecule has 2 aromatic rings. The first-order valence-corrected chi connectivity index (χ1v) is 8.00. The molecule has 0 saturated heterocycles. The molecule has 0 spiro atoms. The van der Waals surface area contributed by atoms with Crippen molar-refractivity contribution in [3.63, 3.8) is 0 Å². The van der Waals surface area contributed by atoms with Gasteiger partial charge < -0.3 is 10.1 Å². The SMILES string of the molecule is Clc1ccc(CNCCOCc2cccc(Br)c2)s1. The molecule has 1 aromatic heterocycles. The van der Waals surface area contributed by atoms with E-state index in [4.69, 9.17) is 16.3 Å². The summed E-state index contributed by atoms with van der Waals surface area (Å²) in [5, 5.41) is 3.33. The van der Waals surface area contributed by atoms with E-state index in [1.165, 1.54) is 10.4 Å². The minimum atomic E-state index is 0.645. The Labute approximate surface area is 130 Å². The summed E-state index contributed by atoms with van der Waals surface area (Å²) in [6, 6.07) is 12.1. The van der Waals surface area contributed by atoms with E-state index >= 15 is 0 Å². The molecule has 102 valence electrons. The maximum absolute atomic E-state index is 5.87. The molecule has 0 radical (unpaired) electrons. The number of rotatable bonds is 7. The van der Waals surface area contributed by atoms with E-state index in [1.807, 2.05) is 24.3 Å². The van der Waals surface area contributed by atoms with Crippen molar-refractivity contribution in [2.45, 2.75) is 13.2 Å². The summed E-state index contributed by atoms with van der Waals surface area (Å²) < 4.78 is 7.53. The highest BCUT2D eigenvalue weighted by Crippen LogP contribution is 2.20. The van der Waals surface area contributed by atoms with Crippen molar-refractivity contribution in [2.75, 3.05) is 13.2 Å². The van der Waals surface area contributed by atoms with E-state index in [-0.39, 0.29) is 0 Å². The average molecular weight is 361 g/mol. The maximum Gasteiger partial charge on any atom is 0.0931 e. The molecular formula is C14H15BrClNOS. The van der Waals surface area contributed by atoms with Crippen LogP contribution in [0.4, 0.5) is 0 Å². The van der Waals surface area contributed by atoms with Crippen LogP contribution in [0.2, 0.25) is 4.34 Å². The number of thiophene rings is 1. The van der Waals surface area contributed by atoms with E-state index in [0.29, 0.717) is 13.2 Å². The van der Waals surface area contributed by atoms with Crippen LogP contribution in [0.3, 0.4) is 0 Å². The fraction of sp³-hybridized carbons (Fsp3) is 0.286. The van der Waals surface area contributed by atoms with Crippen LogP contribution in [0, 0.1) is 0 Å². The van der Waals surface area contributed by atoms with Crippen LogP contribution in [0.1, 0.15) is 10.4 Å². The van der Waals surface area contributed by atoms with Crippen LogP contribution in [0.15, 0.2) is 40.9 Å². The zero-order chi connectivity index (χ0) is 13.5. The quantitative estimate of drug-likeness (QED) is 0.736. The van der Waals surface area contributed by atoms with Gasteiger partial charge in [0.25, 0.3) is 0 Å². The van der Waals surface area contributed by atoms with Gasteiger partial charge >= 0.3 is 0 Å². The van der Waals surface area contributed by atoms with E-state index in [0.717, 1.165) is 21.9 Å². The molecular weight excluding hydrogens is 346 g/mol. The van der Waals surface area contributed by atoms with Gasteiger partial charge in [-0.1, -0.05) is 39.7 Å². The van der Waals surface area contributed by atoms with E-state index in [2.05, 4.69) is 33.4 Å². The molecule has 0 aliphatic rings. The van der Waals surface area contributed by atoms with Gasteiger partial charge in [-0.3, -0.25) is 0 Å². The third-order valence-electron chi connectivity index (χ3n) is 2.51. The van der Waals surface area contributed by atoms with Crippen LogP contribution >= 0.6 is 38.9 Å². The molecule has 2 rings (SSSR count). The Morgan fingerprint density at radius 2 is 2.16 bits per heavy atom. The minimum Gasteiger partial charge on any atom is -0.375 e. The number of benzene rings is 1. The van der Waals surface area contributed by atoms with Gasteiger partial charge in [0.05, 0.1) is 17.6 Å². The minimum absolute atomic E-state index is 0.645. The van der Waals surface area contributed by atoms with Gasteiger partial charge in [0.1, 0.15) is 0 Å². The second kappa shape index (κ2) is 8.02. The molecule has 0 amide bonds. The molecule has 0 aliphatic heterocycles. The fourth-order valence-electron chi connectivity index (χ4n) is 1.62. The Balaban J connectivity index is 1.57. The lowest BCUT2D eigenvalue weighted by molar-refractivity contribution is 0.122. The van der Waals surface area contributed by atoms with Crippen molar-refractivity contribution >= 4 is 38.9 Å². The second-order valence-electron chi connectivity index (χ2n) is 4.07. The number of nitrogens with one attached hydrogen (secondary N) is 1. The van der Waals surface area contributed by atoms with E-state index in [9.17, 15) is 0 Å². The van der Waals surface area contributed by atoms with Gasteiger partial charge in [-0.15, -0.1) is 11.3 Å². The zero-order valence-electron chi connectivity index (χ0n) is 10.4. The molecule has 0 aliphatic carbocycles. The normalized spacial score (nSPS) is 10.8. The highest BCUT2D eigenvalue weighted by Gasteiger charge is 1.97. The maximum atomic E-state index is 5.87. The van der Waals surface area contributed by atoms with Crippen LogP contribution in [0.5, 0.6) is 0 Å². The molecule has 2 nitrogen and oxygen atoms in total. The summed E-state index contributed by atoms with van der Waals surface area (Å²) in [5.74, 6) is 0. The standard InChI is InChI=1S/C14H15BrClNOS/c15-12-3-1-2-11(8-12)10-18-7-6-17-9-13-4-5-14(16)19-13/h1-5,8,17H,6-7,9-10H2. The first kappa shape index (κ1) is 15.0. The lowest BCUT2D eigenvalue weighted by Gasteiger charge is -2.06. The predicted octanol–water partition coefficient (Wildman–Crippen LogP) is 4.47. The van der Waals surface area contributed by atoms with Crippen molar-refractivity contribution < 1.29 is 4.74 Å². The number of ether oxygens (including phenoxy) is 1. The Kier molecular flexibility index (Phi) is 6.34. The highest BCUT2D eigenvalue weighted by atomic mass is 79.9. The first-order chi connectivity index (χ1) is 9.24. The third kappa shape index (κ3) is 5.63. The van der Waals surface area contributed by atoms with Gasteiger partial charge in [-0.25, -0.2) is 0 Å². The monoisotopic (exact) mass is 359 g/mol. The van der Waals surface area contributed by atoms with E-state index < -0.39 is 0 Å². The Hall–Kier alpha value is -0.390. The first-order valence-electron chi connectivity index (χ1n) is 6.01. The largest absolute Gasteiger partial charge is 0.375 e. The molecule has 1 heterocycles. The van der Waals surface area contributed by atoms with Gasteiger partial charge in [0, 0.05) is 22.4 Å². The Morgan fingerprint density at radius 1 is 1.26 bits per heavy atom.